The summed E-state index contributed by atoms with van der Waals surface area (Å²) in [7, 11) is 1.22. The van der Waals surface area contributed by atoms with E-state index in [2.05, 4.69) is 20.2 Å². The molecule has 118 valence electrons. The van der Waals surface area contributed by atoms with Gasteiger partial charge in [-0.25, -0.2) is 13.8 Å². The van der Waals surface area contributed by atoms with Crippen LogP contribution in [0.1, 0.15) is 16.1 Å². The lowest BCUT2D eigenvalue weighted by molar-refractivity contribution is 0.102. The van der Waals surface area contributed by atoms with E-state index < -0.39 is 17.5 Å². The third-order valence-electron chi connectivity index (χ3n) is 3.26. The van der Waals surface area contributed by atoms with Crippen molar-refractivity contribution in [1.82, 2.24) is 10.1 Å². The number of pyridine rings is 1. The molecule has 23 heavy (non-hydrogen) atoms. The quantitative estimate of drug-likeness (QED) is 0.803. The van der Waals surface area contributed by atoms with Crippen LogP contribution in [-0.4, -0.2) is 23.2 Å². The summed E-state index contributed by atoms with van der Waals surface area (Å²) in [6.45, 7) is 1.70. The van der Waals surface area contributed by atoms with Crippen LogP contribution in [0.3, 0.4) is 0 Å². The predicted molar refractivity (Wildman–Crippen MR) is 77.4 cm³/mol. The van der Waals surface area contributed by atoms with E-state index >= 15 is 0 Å². The van der Waals surface area contributed by atoms with Gasteiger partial charge in [0.25, 0.3) is 11.6 Å². The molecule has 8 heteroatoms. The highest BCUT2D eigenvalue weighted by molar-refractivity contribution is 6.05. The highest BCUT2D eigenvalue weighted by Crippen LogP contribution is 2.25. The van der Waals surface area contributed by atoms with E-state index in [4.69, 9.17) is 4.52 Å². The molecule has 0 fully saturated rings. The summed E-state index contributed by atoms with van der Waals surface area (Å²) in [6.07, 6.45) is 1.26. The maximum atomic E-state index is 13.9. The summed E-state index contributed by atoms with van der Waals surface area (Å²) in [5, 5.41) is 6.60. The molecule has 0 aliphatic heterocycles. The fourth-order valence-corrected chi connectivity index (χ4v) is 2.04. The first-order chi connectivity index (χ1) is 11.0. The van der Waals surface area contributed by atoms with E-state index in [0.29, 0.717) is 16.8 Å². The number of hydrogen-bond acceptors (Lipinski definition) is 5. The Morgan fingerprint density at radius 3 is 2.78 bits per heavy atom. The van der Waals surface area contributed by atoms with Crippen LogP contribution in [0.15, 0.2) is 28.9 Å². The molecule has 0 radical (unpaired) electrons. The molecule has 6 nitrogen and oxygen atoms in total. The van der Waals surface area contributed by atoms with Gasteiger partial charge in [0.05, 0.1) is 29.4 Å². The van der Waals surface area contributed by atoms with Gasteiger partial charge in [0.2, 0.25) is 0 Å². The van der Waals surface area contributed by atoms with Crippen molar-refractivity contribution >= 4 is 22.7 Å². The van der Waals surface area contributed by atoms with Gasteiger partial charge in [-0.15, -0.1) is 0 Å². The summed E-state index contributed by atoms with van der Waals surface area (Å²) in [5.74, 6) is -2.48. The zero-order valence-electron chi connectivity index (χ0n) is 12.2. The highest BCUT2D eigenvalue weighted by atomic mass is 19.1. The molecule has 0 saturated carbocycles. The molecule has 2 heterocycles. The van der Waals surface area contributed by atoms with E-state index in [1.54, 1.807) is 6.92 Å². The second-order valence-electron chi connectivity index (χ2n) is 4.77. The Balaban J connectivity index is 1.91. The maximum Gasteiger partial charge on any atom is 0.257 e. The van der Waals surface area contributed by atoms with Crippen LogP contribution in [0.4, 0.5) is 14.5 Å². The zero-order valence-corrected chi connectivity index (χ0v) is 12.2. The average molecular weight is 319 g/mol. The fourth-order valence-electron chi connectivity index (χ4n) is 2.04. The molecule has 1 amide bonds. The topological polar surface area (TPSA) is 77.2 Å². The Kier molecular flexibility index (Phi) is 3.65. The maximum absolute atomic E-state index is 13.9. The Bertz CT molecular complexity index is 908. The first-order valence-electron chi connectivity index (χ1n) is 6.56. The van der Waals surface area contributed by atoms with Crippen molar-refractivity contribution in [1.29, 1.82) is 0 Å². The second-order valence-corrected chi connectivity index (χ2v) is 4.77. The van der Waals surface area contributed by atoms with Crippen molar-refractivity contribution < 1.29 is 22.8 Å². The number of aryl methyl sites for hydroxylation is 1. The number of nitrogens with one attached hydrogen (secondary N) is 1. The number of fused-ring (bicyclic) bond motifs is 1. The minimum atomic E-state index is -0.813. The predicted octanol–water partition coefficient (Wildman–Crippen LogP) is 3.07. The van der Waals surface area contributed by atoms with Crippen LogP contribution >= 0.6 is 0 Å². The molecule has 0 saturated heterocycles. The molecule has 3 aromatic rings. The van der Waals surface area contributed by atoms with Gasteiger partial charge >= 0.3 is 0 Å². The summed E-state index contributed by atoms with van der Waals surface area (Å²) in [5.41, 5.74) is 0.736. The van der Waals surface area contributed by atoms with Crippen LogP contribution in [0.5, 0.6) is 5.75 Å². The number of methoxy groups -OCH3 is 1. The van der Waals surface area contributed by atoms with Gasteiger partial charge in [-0.2, -0.15) is 0 Å². The van der Waals surface area contributed by atoms with E-state index in [0.717, 1.165) is 12.1 Å². The number of hydrogen-bond donors (Lipinski definition) is 1. The molecular formula is C15H11F2N3O3. The summed E-state index contributed by atoms with van der Waals surface area (Å²) in [4.78, 5) is 16.1. The normalized spacial score (nSPS) is 10.8. The minimum absolute atomic E-state index is 0.166. The molecule has 1 aromatic carbocycles. The van der Waals surface area contributed by atoms with Crippen molar-refractivity contribution in [2.24, 2.45) is 0 Å². The lowest BCUT2D eigenvalue weighted by atomic mass is 10.2. The number of aromatic nitrogens is 2. The van der Waals surface area contributed by atoms with Gasteiger partial charge in [-0.1, -0.05) is 5.16 Å². The smallest absolute Gasteiger partial charge is 0.257 e. The number of carbonyl (C=O) groups is 1. The number of rotatable bonds is 3. The van der Waals surface area contributed by atoms with Gasteiger partial charge in [-0.05, 0) is 13.0 Å². The van der Waals surface area contributed by atoms with Gasteiger partial charge in [0.15, 0.2) is 17.4 Å². The molecule has 0 spiro atoms. The van der Waals surface area contributed by atoms with Crippen LogP contribution in [-0.2, 0) is 0 Å². The Hall–Kier alpha value is -3.03. The van der Waals surface area contributed by atoms with Crippen LogP contribution < -0.4 is 10.1 Å². The Morgan fingerprint density at radius 1 is 1.26 bits per heavy atom. The lowest BCUT2D eigenvalue weighted by Gasteiger charge is -2.09. The van der Waals surface area contributed by atoms with Gasteiger partial charge in [-0.3, -0.25) is 4.79 Å². The van der Waals surface area contributed by atoms with Crippen molar-refractivity contribution in [2.45, 2.75) is 6.92 Å². The lowest BCUT2D eigenvalue weighted by Crippen LogP contribution is -2.13. The molecular weight excluding hydrogens is 308 g/mol. The third-order valence-corrected chi connectivity index (χ3v) is 3.26. The van der Waals surface area contributed by atoms with Crippen molar-refractivity contribution in [2.75, 3.05) is 12.4 Å². The van der Waals surface area contributed by atoms with E-state index in [1.807, 2.05) is 0 Å². The first kappa shape index (κ1) is 14.9. The first-order valence-corrected chi connectivity index (χ1v) is 6.56. The number of carbonyl (C=O) groups excluding carboxylic acids is 1. The molecule has 2 aromatic heterocycles. The Morgan fingerprint density at radius 2 is 2.04 bits per heavy atom. The molecule has 0 aliphatic carbocycles. The number of anilines is 1. The minimum Gasteiger partial charge on any atom is -0.494 e. The molecule has 3 rings (SSSR count). The summed E-state index contributed by atoms with van der Waals surface area (Å²) >= 11 is 0. The van der Waals surface area contributed by atoms with Crippen molar-refractivity contribution in [3.63, 3.8) is 0 Å². The van der Waals surface area contributed by atoms with Gasteiger partial charge in [0, 0.05) is 18.3 Å². The van der Waals surface area contributed by atoms with Crippen LogP contribution in [0.2, 0.25) is 0 Å². The number of nitrogens with zero attached hydrogens (tertiary/aromatic N) is 2. The summed E-state index contributed by atoms with van der Waals surface area (Å²) < 4.78 is 37.1. The van der Waals surface area contributed by atoms with Crippen LogP contribution in [0, 0.1) is 18.6 Å². The fraction of sp³-hybridized carbons (Fsp3) is 0.133. The average Bonchev–Trinajstić information content (AvgIpc) is 2.91. The van der Waals surface area contributed by atoms with E-state index in [-0.39, 0.29) is 17.0 Å². The molecule has 1 N–H and O–H groups in total. The number of halogens is 2. The van der Waals surface area contributed by atoms with E-state index in [1.165, 1.54) is 19.4 Å². The number of amides is 1. The highest BCUT2D eigenvalue weighted by Gasteiger charge is 2.16. The monoisotopic (exact) mass is 319 g/mol. The van der Waals surface area contributed by atoms with Gasteiger partial charge < -0.3 is 14.6 Å². The summed E-state index contributed by atoms with van der Waals surface area (Å²) in [6, 6.07) is 3.22. The second kappa shape index (κ2) is 5.64. The zero-order chi connectivity index (χ0) is 16.6. The molecule has 0 aliphatic rings. The van der Waals surface area contributed by atoms with Crippen molar-refractivity contribution in [3.05, 3.63) is 47.3 Å². The largest absolute Gasteiger partial charge is 0.494 e. The third kappa shape index (κ3) is 2.70. The van der Waals surface area contributed by atoms with E-state index in [9.17, 15) is 13.6 Å². The molecule has 0 bridgehead atoms. The SMILES string of the molecule is COc1cc(F)c(NC(=O)c2cnc3onc(C)c3c2)cc1F. The number of ether oxygens (including phenoxy) is 1. The number of benzene rings is 1. The standard InChI is InChI=1S/C15H11F2N3O3/c1-7-9-3-8(6-18-15(9)23-20-7)14(21)19-12-4-11(17)13(22-2)5-10(12)16/h3-6H,1-2H3,(H,19,21). The van der Waals surface area contributed by atoms with Crippen molar-refractivity contribution in [3.8, 4) is 5.75 Å². The van der Waals surface area contributed by atoms with Gasteiger partial charge in [0.1, 0.15) is 0 Å². The molecule has 0 atom stereocenters. The van der Waals surface area contributed by atoms with Crippen LogP contribution in [0.25, 0.3) is 11.1 Å². The molecule has 0 unspecified atom stereocenters. The Labute approximate surface area is 129 Å².